The van der Waals surface area contributed by atoms with Crippen molar-refractivity contribution in [3.05, 3.63) is 36.2 Å². The zero-order valence-electron chi connectivity index (χ0n) is 10.4. The Morgan fingerprint density at radius 1 is 1.37 bits per heavy atom. The number of nitrogens with zero attached hydrogens (tertiary/aromatic N) is 5. The van der Waals surface area contributed by atoms with Crippen LogP contribution in [0.25, 0.3) is 11.0 Å². The van der Waals surface area contributed by atoms with Crippen molar-refractivity contribution in [1.29, 1.82) is 0 Å². The van der Waals surface area contributed by atoms with Crippen LogP contribution in [0.2, 0.25) is 0 Å². The van der Waals surface area contributed by atoms with Gasteiger partial charge in [-0.3, -0.25) is 0 Å². The van der Waals surface area contributed by atoms with E-state index in [1.165, 1.54) is 12.1 Å². The second-order valence-electron chi connectivity index (χ2n) is 4.36. The van der Waals surface area contributed by atoms with Gasteiger partial charge in [0.05, 0.1) is 11.0 Å². The van der Waals surface area contributed by atoms with Gasteiger partial charge >= 0.3 is 0 Å². The first-order valence-corrected chi connectivity index (χ1v) is 5.89. The molecule has 1 aromatic carbocycles. The van der Waals surface area contributed by atoms with Crippen molar-refractivity contribution in [2.45, 2.75) is 13.0 Å². The summed E-state index contributed by atoms with van der Waals surface area (Å²) in [6.45, 7) is 0.582. The van der Waals surface area contributed by atoms with Crippen LogP contribution in [0.3, 0.4) is 0 Å². The molecule has 0 aliphatic carbocycles. The molecule has 0 aliphatic rings. The Morgan fingerprint density at radius 3 is 2.95 bits per heavy atom. The monoisotopic (exact) mass is 260 g/mol. The summed E-state index contributed by atoms with van der Waals surface area (Å²) in [6, 6.07) is 4.44. The Kier molecular flexibility index (Phi) is 2.66. The summed E-state index contributed by atoms with van der Waals surface area (Å²) >= 11 is 0. The molecule has 0 unspecified atom stereocenters. The largest absolute Gasteiger partial charge is 0.369 e. The number of aromatic nitrogens is 5. The first kappa shape index (κ1) is 11.6. The van der Waals surface area contributed by atoms with E-state index in [4.69, 9.17) is 5.73 Å². The third-order valence-corrected chi connectivity index (χ3v) is 3.10. The van der Waals surface area contributed by atoms with Crippen LogP contribution in [0.15, 0.2) is 24.5 Å². The molecule has 2 N–H and O–H groups in total. The van der Waals surface area contributed by atoms with Gasteiger partial charge in [-0.15, -0.1) is 10.2 Å². The quantitative estimate of drug-likeness (QED) is 0.766. The molecule has 0 atom stereocenters. The number of aryl methyl sites for hydroxylation is 3. The van der Waals surface area contributed by atoms with Crippen molar-refractivity contribution in [3.63, 3.8) is 0 Å². The maximum Gasteiger partial charge on any atom is 0.201 e. The highest BCUT2D eigenvalue weighted by Gasteiger charge is 2.10. The lowest BCUT2D eigenvalue weighted by Gasteiger charge is -2.06. The number of hydrogen-bond donors (Lipinski definition) is 1. The highest BCUT2D eigenvalue weighted by Crippen LogP contribution is 2.19. The van der Waals surface area contributed by atoms with Gasteiger partial charge in [0.2, 0.25) is 5.95 Å². The molecule has 2 aromatic heterocycles. The van der Waals surface area contributed by atoms with E-state index in [0.29, 0.717) is 29.9 Å². The molecular weight excluding hydrogens is 247 g/mol. The molecule has 7 heteroatoms. The van der Waals surface area contributed by atoms with Crippen molar-refractivity contribution < 1.29 is 4.39 Å². The van der Waals surface area contributed by atoms with Gasteiger partial charge in [-0.25, -0.2) is 9.37 Å². The number of fused-ring (bicyclic) bond motifs is 1. The minimum absolute atomic E-state index is 0.299. The summed E-state index contributed by atoms with van der Waals surface area (Å²) in [5.41, 5.74) is 7.25. The van der Waals surface area contributed by atoms with E-state index in [1.807, 2.05) is 11.6 Å². The number of halogens is 1. The SMILES string of the molecule is Cn1cnnc1CCn1c(N)nc2ccc(F)cc21. The number of nitrogens with two attached hydrogens (primary N) is 1. The number of imidazole rings is 1. The molecule has 0 radical (unpaired) electrons. The second kappa shape index (κ2) is 4.34. The fourth-order valence-corrected chi connectivity index (χ4v) is 2.09. The van der Waals surface area contributed by atoms with Gasteiger partial charge in [0, 0.05) is 20.0 Å². The van der Waals surface area contributed by atoms with Gasteiger partial charge in [0.15, 0.2) is 0 Å². The number of nitrogen functional groups attached to an aromatic ring is 1. The maximum absolute atomic E-state index is 13.3. The minimum atomic E-state index is -0.299. The number of hydrogen-bond acceptors (Lipinski definition) is 4. The van der Waals surface area contributed by atoms with Crippen LogP contribution in [0.4, 0.5) is 10.3 Å². The van der Waals surface area contributed by atoms with Crippen molar-refractivity contribution in [2.75, 3.05) is 5.73 Å². The van der Waals surface area contributed by atoms with E-state index in [2.05, 4.69) is 15.2 Å². The molecule has 0 bridgehead atoms. The Bertz CT molecular complexity index is 729. The van der Waals surface area contributed by atoms with Crippen LogP contribution in [0, 0.1) is 5.82 Å². The summed E-state index contributed by atoms with van der Waals surface area (Å²) in [7, 11) is 1.88. The van der Waals surface area contributed by atoms with Crippen molar-refractivity contribution in [1.82, 2.24) is 24.3 Å². The lowest BCUT2D eigenvalue weighted by molar-refractivity contribution is 0.626. The zero-order valence-corrected chi connectivity index (χ0v) is 10.4. The van der Waals surface area contributed by atoms with E-state index in [9.17, 15) is 4.39 Å². The molecule has 19 heavy (non-hydrogen) atoms. The molecule has 0 amide bonds. The van der Waals surface area contributed by atoms with Crippen molar-refractivity contribution in [3.8, 4) is 0 Å². The summed E-state index contributed by atoms with van der Waals surface area (Å²) in [5, 5.41) is 7.82. The van der Waals surface area contributed by atoms with E-state index in [1.54, 1.807) is 17.0 Å². The number of rotatable bonds is 3. The average Bonchev–Trinajstić information content (AvgIpc) is 2.90. The average molecular weight is 260 g/mol. The molecule has 6 nitrogen and oxygen atoms in total. The van der Waals surface area contributed by atoms with E-state index < -0.39 is 0 Å². The Hall–Kier alpha value is -2.44. The Morgan fingerprint density at radius 2 is 2.21 bits per heavy atom. The molecule has 0 fully saturated rings. The molecular formula is C12H13FN6. The van der Waals surface area contributed by atoms with Gasteiger partial charge < -0.3 is 14.9 Å². The van der Waals surface area contributed by atoms with Gasteiger partial charge in [-0.05, 0) is 18.2 Å². The molecule has 0 aliphatic heterocycles. The summed E-state index contributed by atoms with van der Waals surface area (Å²) in [6.07, 6.45) is 2.30. The molecule has 98 valence electrons. The molecule has 0 saturated carbocycles. The summed E-state index contributed by atoms with van der Waals surface area (Å²) in [4.78, 5) is 4.21. The normalized spacial score (nSPS) is 11.3. The standard InChI is InChI=1S/C12H13FN6/c1-18-7-15-17-11(18)4-5-19-10-6-8(13)2-3-9(10)16-12(19)14/h2-3,6-7H,4-5H2,1H3,(H2,14,16). The molecule has 0 saturated heterocycles. The maximum atomic E-state index is 13.3. The van der Waals surface area contributed by atoms with Gasteiger partial charge in [-0.1, -0.05) is 0 Å². The highest BCUT2D eigenvalue weighted by molar-refractivity contribution is 5.78. The van der Waals surface area contributed by atoms with Gasteiger partial charge in [0.25, 0.3) is 0 Å². The van der Waals surface area contributed by atoms with E-state index in [0.717, 1.165) is 5.82 Å². The Balaban J connectivity index is 1.94. The molecule has 3 aromatic rings. The lowest BCUT2D eigenvalue weighted by atomic mass is 10.3. The predicted octanol–water partition coefficient (Wildman–Crippen LogP) is 1.13. The van der Waals surface area contributed by atoms with Gasteiger partial charge in [-0.2, -0.15) is 0 Å². The smallest absolute Gasteiger partial charge is 0.201 e. The van der Waals surface area contributed by atoms with Crippen molar-refractivity contribution in [2.24, 2.45) is 7.05 Å². The number of benzene rings is 1. The van der Waals surface area contributed by atoms with Crippen LogP contribution < -0.4 is 5.73 Å². The van der Waals surface area contributed by atoms with E-state index in [-0.39, 0.29) is 5.82 Å². The van der Waals surface area contributed by atoms with Crippen LogP contribution in [0.5, 0.6) is 0 Å². The lowest BCUT2D eigenvalue weighted by Crippen LogP contribution is -2.08. The van der Waals surface area contributed by atoms with Crippen LogP contribution in [0.1, 0.15) is 5.82 Å². The summed E-state index contributed by atoms with van der Waals surface area (Å²) < 4.78 is 16.9. The fraction of sp³-hybridized carbons (Fsp3) is 0.250. The number of anilines is 1. The third kappa shape index (κ3) is 2.03. The predicted molar refractivity (Wildman–Crippen MR) is 68.8 cm³/mol. The Labute approximate surface area is 108 Å². The molecule has 3 rings (SSSR count). The second-order valence-corrected chi connectivity index (χ2v) is 4.36. The van der Waals surface area contributed by atoms with Crippen LogP contribution >= 0.6 is 0 Å². The summed E-state index contributed by atoms with van der Waals surface area (Å²) in [5.74, 6) is 0.924. The highest BCUT2D eigenvalue weighted by atomic mass is 19.1. The van der Waals surface area contributed by atoms with Crippen LogP contribution in [-0.2, 0) is 20.0 Å². The molecule has 2 heterocycles. The first-order chi connectivity index (χ1) is 9.15. The molecule has 0 spiro atoms. The minimum Gasteiger partial charge on any atom is -0.369 e. The fourth-order valence-electron chi connectivity index (χ4n) is 2.09. The van der Waals surface area contributed by atoms with E-state index >= 15 is 0 Å². The topological polar surface area (TPSA) is 74.5 Å². The van der Waals surface area contributed by atoms with Gasteiger partial charge in [0.1, 0.15) is 18.0 Å². The van der Waals surface area contributed by atoms with Crippen molar-refractivity contribution >= 4 is 17.0 Å². The third-order valence-electron chi connectivity index (χ3n) is 3.10. The first-order valence-electron chi connectivity index (χ1n) is 5.89. The van der Waals surface area contributed by atoms with Crippen LogP contribution in [-0.4, -0.2) is 24.3 Å². The zero-order chi connectivity index (χ0) is 13.4.